The first kappa shape index (κ1) is 15.3. The third kappa shape index (κ3) is 2.49. The van der Waals surface area contributed by atoms with Crippen LogP contribution in [0.5, 0.6) is 0 Å². The molecule has 1 aliphatic rings. The number of anilines is 1. The molecule has 0 amide bonds. The molecule has 120 valence electrons. The zero-order valence-corrected chi connectivity index (χ0v) is 12.1. The molecule has 0 bridgehead atoms. The van der Waals surface area contributed by atoms with Crippen molar-refractivity contribution in [3.05, 3.63) is 52.1 Å². The number of pyridine rings is 2. The SMILES string of the molecule is NC1=c2ccncc2=NCN1c1c(CF)cnc(CF)c1CF. The van der Waals surface area contributed by atoms with Gasteiger partial charge >= 0.3 is 0 Å². The van der Waals surface area contributed by atoms with E-state index in [1.54, 1.807) is 18.5 Å². The van der Waals surface area contributed by atoms with Gasteiger partial charge in [0.1, 0.15) is 32.5 Å². The van der Waals surface area contributed by atoms with Gasteiger partial charge in [0, 0.05) is 28.7 Å². The predicted molar refractivity (Wildman–Crippen MR) is 78.6 cm³/mol. The highest BCUT2D eigenvalue weighted by molar-refractivity contribution is 5.72. The molecular formula is C15H14F3N5. The number of hydrogen-bond acceptors (Lipinski definition) is 5. The van der Waals surface area contributed by atoms with Crippen LogP contribution in [0, 0.1) is 0 Å². The molecule has 2 aromatic heterocycles. The fourth-order valence-electron chi connectivity index (χ4n) is 2.60. The van der Waals surface area contributed by atoms with Crippen molar-refractivity contribution in [3.8, 4) is 0 Å². The van der Waals surface area contributed by atoms with Gasteiger partial charge in [0.2, 0.25) is 0 Å². The van der Waals surface area contributed by atoms with Crippen molar-refractivity contribution in [3.63, 3.8) is 0 Å². The maximum atomic E-state index is 13.5. The van der Waals surface area contributed by atoms with Gasteiger partial charge < -0.3 is 10.6 Å². The Hall–Kier alpha value is -2.64. The topological polar surface area (TPSA) is 67.4 Å². The Kier molecular flexibility index (Phi) is 4.14. The molecule has 0 unspecified atom stereocenters. The summed E-state index contributed by atoms with van der Waals surface area (Å²) in [5.74, 6) is 0.290. The van der Waals surface area contributed by atoms with Crippen LogP contribution >= 0.6 is 0 Å². The van der Waals surface area contributed by atoms with Crippen LogP contribution in [0.15, 0.2) is 29.6 Å². The van der Waals surface area contributed by atoms with E-state index in [-0.39, 0.29) is 35.0 Å². The first-order chi connectivity index (χ1) is 11.2. The van der Waals surface area contributed by atoms with Crippen molar-refractivity contribution in [2.75, 3.05) is 11.6 Å². The Balaban J connectivity index is 2.25. The molecular weight excluding hydrogens is 307 g/mol. The van der Waals surface area contributed by atoms with Crippen molar-refractivity contribution in [2.45, 2.75) is 20.0 Å². The van der Waals surface area contributed by atoms with Crippen LogP contribution in [0.3, 0.4) is 0 Å². The minimum Gasteiger partial charge on any atom is -0.384 e. The summed E-state index contributed by atoms with van der Waals surface area (Å²) in [5, 5.41) is 1.21. The molecule has 2 N–H and O–H groups in total. The summed E-state index contributed by atoms with van der Waals surface area (Å²) in [5.41, 5.74) is 6.43. The third-order valence-corrected chi connectivity index (χ3v) is 3.74. The Bertz CT molecular complexity index is 853. The summed E-state index contributed by atoms with van der Waals surface area (Å²) in [6.07, 6.45) is 4.32. The number of nitrogens with zero attached hydrogens (tertiary/aromatic N) is 4. The Labute approximate surface area is 130 Å². The Morgan fingerprint density at radius 3 is 2.65 bits per heavy atom. The van der Waals surface area contributed by atoms with Crippen LogP contribution in [0.4, 0.5) is 18.9 Å². The summed E-state index contributed by atoms with van der Waals surface area (Å²) < 4.78 is 39.9. The highest BCUT2D eigenvalue weighted by Crippen LogP contribution is 2.31. The van der Waals surface area contributed by atoms with E-state index in [1.807, 2.05) is 0 Å². The van der Waals surface area contributed by atoms with E-state index >= 15 is 0 Å². The van der Waals surface area contributed by atoms with E-state index in [2.05, 4.69) is 15.0 Å². The van der Waals surface area contributed by atoms with E-state index in [0.717, 1.165) is 0 Å². The summed E-state index contributed by atoms with van der Waals surface area (Å²) in [7, 11) is 0. The number of alkyl halides is 3. The molecule has 23 heavy (non-hydrogen) atoms. The average molecular weight is 321 g/mol. The fourth-order valence-corrected chi connectivity index (χ4v) is 2.60. The largest absolute Gasteiger partial charge is 0.384 e. The summed E-state index contributed by atoms with van der Waals surface area (Å²) in [6.45, 7) is -2.71. The van der Waals surface area contributed by atoms with Crippen molar-refractivity contribution in [1.29, 1.82) is 0 Å². The lowest BCUT2D eigenvalue weighted by molar-refractivity contribution is 0.442. The molecule has 0 radical (unpaired) electrons. The maximum absolute atomic E-state index is 13.5. The number of rotatable bonds is 4. The standard InChI is InChI=1S/C15H14F3N5/c16-3-9-6-21-12(5-18)11(4-17)14(9)23-8-22-13-7-20-2-1-10(13)15(23)19/h1-2,6-7H,3-5,8,19H2. The van der Waals surface area contributed by atoms with Crippen LogP contribution in [0.1, 0.15) is 16.8 Å². The van der Waals surface area contributed by atoms with Crippen molar-refractivity contribution in [2.24, 2.45) is 10.7 Å². The zero-order valence-electron chi connectivity index (χ0n) is 12.1. The van der Waals surface area contributed by atoms with Gasteiger partial charge in [-0.2, -0.15) is 0 Å². The van der Waals surface area contributed by atoms with E-state index in [4.69, 9.17) is 5.73 Å². The fraction of sp³-hybridized carbons (Fsp3) is 0.267. The van der Waals surface area contributed by atoms with Crippen LogP contribution in [-0.4, -0.2) is 16.6 Å². The third-order valence-electron chi connectivity index (χ3n) is 3.74. The highest BCUT2D eigenvalue weighted by Gasteiger charge is 2.23. The van der Waals surface area contributed by atoms with Crippen LogP contribution in [0.2, 0.25) is 0 Å². The van der Waals surface area contributed by atoms with Gasteiger partial charge in [0.05, 0.1) is 22.9 Å². The first-order valence-corrected chi connectivity index (χ1v) is 6.90. The Morgan fingerprint density at radius 1 is 1.13 bits per heavy atom. The van der Waals surface area contributed by atoms with Gasteiger partial charge in [-0.05, 0) is 6.07 Å². The number of hydrogen-bond donors (Lipinski definition) is 1. The Morgan fingerprint density at radius 2 is 1.96 bits per heavy atom. The van der Waals surface area contributed by atoms with Crippen LogP contribution in [0.25, 0.3) is 5.82 Å². The highest BCUT2D eigenvalue weighted by atomic mass is 19.1. The molecule has 1 aliphatic heterocycles. The molecule has 5 nitrogen and oxygen atoms in total. The second-order valence-electron chi connectivity index (χ2n) is 4.96. The van der Waals surface area contributed by atoms with E-state index < -0.39 is 20.0 Å². The van der Waals surface area contributed by atoms with Gasteiger partial charge in [0.15, 0.2) is 0 Å². The van der Waals surface area contributed by atoms with Gasteiger partial charge in [-0.25, -0.2) is 13.2 Å². The number of fused-ring (bicyclic) bond motifs is 1. The summed E-state index contributed by atoms with van der Waals surface area (Å²) in [6, 6.07) is 1.67. The average Bonchev–Trinajstić information content (AvgIpc) is 2.61. The molecule has 0 saturated carbocycles. The van der Waals surface area contributed by atoms with E-state index in [0.29, 0.717) is 10.6 Å². The van der Waals surface area contributed by atoms with Crippen LogP contribution in [-0.2, 0) is 20.0 Å². The molecule has 0 atom stereocenters. The normalized spacial score (nSPS) is 13.7. The number of halogens is 3. The summed E-state index contributed by atoms with van der Waals surface area (Å²) in [4.78, 5) is 13.5. The lowest BCUT2D eigenvalue weighted by Gasteiger charge is -2.29. The number of aromatic nitrogens is 2. The monoisotopic (exact) mass is 321 g/mol. The van der Waals surface area contributed by atoms with Crippen LogP contribution < -0.4 is 21.2 Å². The molecule has 2 aromatic rings. The van der Waals surface area contributed by atoms with Gasteiger partial charge in [-0.1, -0.05) is 0 Å². The van der Waals surface area contributed by atoms with Crippen molar-refractivity contribution < 1.29 is 13.2 Å². The number of nitrogens with two attached hydrogens (primary N) is 1. The molecule has 0 fully saturated rings. The van der Waals surface area contributed by atoms with Crippen molar-refractivity contribution in [1.82, 2.24) is 9.97 Å². The first-order valence-electron chi connectivity index (χ1n) is 6.90. The van der Waals surface area contributed by atoms with Gasteiger partial charge in [-0.3, -0.25) is 15.0 Å². The second-order valence-corrected chi connectivity index (χ2v) is 4.96. The van der Waals surface area contributed by atoms with Gasteiger partial charge in [-0.15, -0.1) is 0 Å². The molecule has 0 saturated heterocycles. The minimum absolute atomic E-state index is 0.00157. The van der Waals surface area contributed by atoms with E-state index in [9.17, 15) is 13.2 Å². The van der Waals surface area contributed by atoms with E-state index in [1.165, 1.54) is 11.1 Å². The quantitative estimate of drug-likeness (QED) is 0.912. The molecule has 0 spiro atoms. The predicted octanol–water partition coefficient (Wildman–Crippen LogP) is 1.01. The molecule has 8 heteroatoms. The zero-order chi connectivity index (χ0) is 16.4. The van der Waals surface area contributed by atoms with Crippen molar-refractivity contribution >= 4 is 11.5 Å². The second kappa shape index (κ2) is 6.23. The molecule has 0 aromatic carbocycles. The van der Waals surface area contributed by atoms with Gasteiger partial charge in [0.25, 0.3) is 0 Å². The lowest BCUT2D eigenvalue weighted by Crippen LogP contribution is -2.44. The molecule has 0 aliphatic carbocycles. The summed E-state index contributed by atoms with van der Waals surface area (Å²) >= 11 is 0. The lowest BCUT2D eigenvalue weighted by atomic mass is 10.1. The smallest absolute Gasteiger partial charge is 0.132 e. The minimum atomic E-state index is -0.970. The molecule has 3 heterocycles. The molecule has 3 rings (SSSR count). The maximum Gasteiger partial charge on any atom is 0.132 e.